The van der Waals surface area contributed by atoms with Crippen LogP contribution in [0.1, 0.15) is 64.1 Å². The number of aromatic amines is 1. The quantitative estimate of drug-likeness (QED) is 0.257. The minimum Gasteiger partial charge on any atom is -0.483 e. The van der Waals surface area contributed by atoms with Gasteiger partial charge in [-0.05, 0) is 42.9 Å². The number of hydrogen-bond acceptors (Lipinski definition) is 6. The lowest BCUT2D eigenvalue weighted by molar-refractivity contribution is 0.0522. The number of allylic oxidation sites excluding steroid dienone is 2. The molecule has 0 fully saturated rings. The molecule has 0 unspecified atom stereocenters. The zero-order valence-corrected chi connectivity index (χ0v) is 24.2. The maximum absolute atomic E-state index is 14.0. The summed E-state index contributed by atoms with van der Waals surface area (Å²) in [6.45, 7) is 2.88. The first-order chi connectivity index (χ1) is 20.5. The van der Waals surface area contributed by atoms with Crippen molar-refractivity contribution in [1.29, 1.82) is 0 Å². The van der Waals surface area contributed by atoms with Gasteiger partial charge in [0.1, 0.15) is 12.2 Å². The van der Waals surface area contributed by atoms with Gasteiger partial charge >= 0.3 is 5.97 Å². The third kappa shape index (κ3) is 7.85. The molecule has 3 aromatic rings. The van der Waals surface area contributed by atoms with E-state index >= 15 is 0 Å². The van der Waals surface area contributed by atoms with Crippen LogP contribution in [-0.4, -0.2) is 61.8 Å². The molecule has 2 aromatic carbocycles. The lowest BCUT2D eigenvalue weighted by Crippen LogP contribution is -2.37. The summed E-state index contributed by atoms with van der Waals surface area (Å²) in [5.74, 6) is -1.33. The summed E-state index contributed by atoms with van der Waals surface area (Å²) in [6, 6.07) is 20.4. The van der Waals surface area contributed by atoms with Crippen LogP contribution in [0, 0.1) is 0 Å². The Kier molecular flexibility index (Phi) is 11.3. The van der Waals surface area contributed by atoms with E-state index in [1.54, 1.807) is 18.9 Å². The third-order valence-corrected chi connectivity index (χ3v) is 7.15. The van der Waals surface area contributed by atoms with Gasteiger partial charge in [0.2, 0.25) is 5.43 Å². The number of nitrogens with one attached hydrogen (secondary N) is 1. The van der Waals surface area contributed by atoms with Crippen molar-refractivity contribution in [2.24, 2.45) is 0 Å². The molecule has 0 bridgehead atoms. The van der Waals surface area contributed by atoms with Crippen LogP contribution < -0.4 is 10.2 Å². The number of aromatic nitrogens is 1. The van der Waals surface area contributed by atoms with Crippen molar-refractivity contribution < 1.29 is 23.8 Å². The van der Waals surface area contributed by atoms with Crippen LogP contribution in [0.25, 0.3) is 0 Å². The Hall–Kier alpha value is -4.43. The molecule has 1 heterocycles. The number of pyridine rings is 1. The average Bonchev–Trinajstić information content (AvgIpc) is 3.03. The Bertz CT molecular complexity index is 1410. The number of nitrogens with zero attached hydrogens (tertiary/aromatic N) is 1. The van der Waals surface area contributed by atoms with Crippen LogP contribution in [0.5, 0.6) is 5.75 Å². The topological polar surface area (TPSA) is 97.9 Å². The lowest BCUT2D eigenvalue weighted by Gasteiger charge is -2.26. The molecule has 0 saturated carbocycles. The van der Waals surface area contributed by atoms with Crippen molar-refractivity contribution in [2.75, 3.05) is 40.0 Å². The second-order valence-corrected chi connectivity index (χ2v) is 9.95. The molecule has 42 heavy (non-hydrogen) atoms. The van der Waals surface area contributed by atoms with E-state index in [2.05, 4.69) is 29.2 Å². The van der Waals surface area contributed by atoms with Gasteiger partial charge in [-0.15, -0.1) is 0 Å². The number of carbonyl (C=O) groups is 2. The van der Waals surface area contributed by atoms with Crippen LogP contribution in [-0.2, 0) is 9.47 Å². The monoisotopic (exact) mass is 570 g/mol. The minimum absolute atomic E-state index is 0.0134. The van der Waals surface area contributed by atoms with Crippen LogP contribution in [0.15, 0.2) is 95.5 Å². The number of carbonyl (C=O) groups excluding carboxylic acids is 2. The minimum atomic E-state index is -0.774. The summed E-state index contributed by atoms with van der Waals surface area (Å²) in [5, 5.41) is 0. The fourth-order valence-electron chi connectivity index (χ4n) is 4.95. The Morgan fingerprint density at radius 2 is 1.67 bits per heavy atom. The third-order valence-electron chi connectivity index (χ3n) is 7.15. The molecule has 220 valence electrons. The van der Waals surface area contributed by atoms with Gasteiger partial charge in [0, 0.05) is 32.3 Å². The van der Waals surface area contributed by atoms with Gasteiger partial charge in [0.15, 0.2) is 11.4 Å². The summed E-state index contributed by atoms with van der Waals surface area (Å²) in [5.41, 5.74) is 2.27. The number of amides is 1. The molecular formula is C34H38N2O6. The standard InChI is InChI=1S/C34H38N2O6/c1-3-41-34(39)29-23-35-30(32(31(29)37)42-24-25-13-7-4-8-14-25)33(38)36(21-22-40-2)20-19-28(26-15-9-5-10-16-26)27-17-11-6-12-18-27/h5-7,9-18,23,28H,3-4,8,19-22,24H2,1-2H3,(H,35,37). The summed E-state index contributed by atoms with van der Waals surface area (Å²) >= 11 is 0. The van der Waals surface area contributed by atoms with Crippen LogP contribution in [0.2, 0.25) is 0 Å². The molecule has 1 aliphatic carbocycles. The second kappa shape index (κ2) is 15.5. The number of rotatable bonds is 14. The summed E-state index contributed by atoms with van der Waals surface area (Å²) in [7, 11) is 1.58. The van der Waals surface area contributed by atoms with Gasteiger partial charge in [0.25, 0.3) is 5.91 Å². The van der Waals surface area contributed by atoms with E-state index in [0.717, 1.165) is 29.5 Å². The SMILES string of the molecule is CCOC(=O)c1c[nH]c(C(=O)N(CCOC)CCC(c2ccccc2)c2ccccc2)c(OCC2=CCCC=C2)c1=O. The Balaban J connectivity index is 1.65. The molecule has 0 spiro atoms. The maximum atomic E-state index is 14.0. The van der Waals surface area contributed by atoms with Crippen molar-refractivity contribution in [3.63, 3.8) is 0 Å². The first-order valence-corrected chi connectivity index (χ1v) is 14.3. The second-order valence-electron chi connectivity index (χ2n) is 9.95. The zero-order valence-electron chi connectivity index (χ0n) is 24.2. The molecule has 0 radical (unpaired) electrons. The summed E-state index contributed by atoms with van der Waals surface area (Å²) < 4.78 is 16.3. The molecule has 8 heteroatoms. The molecule has 0 aliphatic heterocycles. The number of ether oxygens (including phenoxy) is 3. The largest absolute Gasteiger partial charge is 0.483 e. The summed E-state index contributed by atoms with van der Waals surface area (Å²) in [6.07, 6.45) is 9.68. The van der Waals surface area contributed by atoms with Crippen molar-refractivity contribution >= 4 is 11.9 Å². The highest BCUT2D eigenvalue weighted by molar-refractivity contribution is 5.97. The molecule has 1 amide bonds. The average molecular weight is 571 g/mol. The molecule has 4 rings (SSSR count). The van der Waals surface area contributed by atoms with E-state index in [9.17, 15) is 14.4 Å². The number of esters is 1. The van der Waals surface area contributed by atoms with Crippen LogP contribution in [0.4, 0.5) is 0 Å². The predicted octanol–water partition coefficient (Wildman–Crippen LogP) is 5.52. The van der Waals surface area contributed by atoms with Crippen molar-refractivity contribution in [3.8, 4) is 5.75 Å². The summed E-state index contributed by atoms with van der Waals surface area (Å²) in [4.78, 5) is 44.6. The molecule has 0 atom stereocenters. The fraction of sp³-hybridized carbons (Fsp3) is 0.324. The smallest absolute Gasteiger partial charge is 0.343 e. The highest BCUT2D eigenvalue weighted by Gasteiger charge is 2.27. The normalized spacial score (nSPS) is 12.6. The van der Waals surface area contributed by atoms with Gasteiger partial charge < -0.3 is 24.1 Å². The number of methoxy groups -OCH3 is 1. The molecule has 1 aromatic heterocycles. The zero-order chi connectivity index (χ0) is 29.7. The predicted molar refractivity (Wildman–Crippen MR) is 162 cm³/mol. The Morgan fingerprint density at radius 3 is 2.26 bits per heavy atom. The van der Waals surface area contributed by atoms with E-state index in [1.807, 2.05) is 54.6 Å². The van der Waals surface area contributed by atoms with E-state index in [0.29, 0.717) is 26.1 Å². The Labute approximate surface area is 246 Å². The Morgan fingerprint density at radius 1 is 0.976 bits per heavy atom. The fourth-order valence-corrected chi connectivity index (χ4v) is 4.95. The highest BCUT2D eigenvalue weighted by atomic mass is 16.5. The first-order valence-electron chi connectivity index (χ1n) is 14.3. The maximum Gasteiger partial charge on any atom is 0.343 e. The molecular weight excluding hydrogens is 532 g/mol. The highest BCUT2D eigenvalue weighted by Crippen LogP contribution is 2.28. The van der Waals surface area contributed by atoms with Gasteiger partial charge in [-0.3, -0.25) is 9.59 Å². The van der Waals surface area contributed by atoms with Gasteiger partial charge in [-0.2, -0.15) is 0 Å². The van der Waals surface area contributed by atoms with Crippen LogP contribution >= 0.6 is 0 Å². The van der Waals surface area contributed by atoms with E-state index in [1.165, 1.54) is 6.20 Å². The number of H-pyrrole nitrogens is 1. The van der Waals surface area contributed by atoms with E-state index in [-0.39, 0.29) is 36.1 Å². The van der Waals surface area contributed by atoms with Gasteiger partial charge in [-0.25, -0.2) is 4.79 Å². The molecule has 0 saturated heterocycles. The van der Waals surface area contributed by atoms with Gasteiger partial charge in [0.05, 0.1) is 13.2 Å². The molecule has 8 nitrogen and oxygen atoms in total. The lowest BCUT2D eigenvalue weighted by atomic mass is 9.88. The van der Waals surface area contributed by atoms with Crippen LogP contribution in [0.3, 0.4) is 0 Å². The van der Waals surface area contributed by atoms with Crippen molar-refractivity contribution in [1.82, 2.24) is 9.88 Å². The first kappa shape index (κ1) is 30.5. The van der Waals surface area contributed by atoms with Crippen molar-refractivity contribution in [2.45, 2.75) is 32.1 Å². The van der Waals surface area contributed by atoms with Gasteiger partial charge in [-0.1, -0.05) is 78.9 Å². The van der Waals surface area contributed by atoms with E-state index < -0.39 is 17.3 Å². The molecule has 1 aliphatic rings. The number of hydrogen-bond donors (Lipinski definition) is 1. The van der Waals surface area contributed by atoms with E-state index in [4.69, 9.17) is 14.2 Å². The van der Waals surface area contributed by atoms with Crippen molar-refractivity contribution in [3.05, 3.63) is 123 Å². The molecule has 1 N–H and O–H groups in total. The number of benzene rings is 2.